The maximum atomic E-state index is 11.9. The molecule has 1 aliphatic rings. The smallest absolute Gasteiger partial charge is 0.252 e. The molecular weight excluding hydrogens is 332 g/mol. The van der Waals surface area contributed by atoms with Crippen LogP contribution in [0.25, 0.3) is 0 Å². The minimum absolute atomic E-state index is 0.0555. The third-order valence-electron chi connectivity index (χ3n) is 4.44. The fourth-order valence-corrected chi connectivity index (χ4v) is 3.07. The molecule has 1 aliphatic heterocycles. The van der Waals surface area contributed by atoms with Crippen LogP contribution >= 0.6 is 0 Å². The van der Waals surface area contributed by atoms with Crippen LogP contribution in [0, 0.1) is 0 Å². The summed E-state index contributed by atoms with van der Waals surface area (Å²) < 4.78 is 0. The molecule has 2 aromatic heterocycles. The van der Waals surface area contributed by atoms with E-state index in [1.807, 2.05) is 43.1 Å². The van der Waals surface area contributed by atoms with E-state index in [4.69, 9.17) is 5.73 Å². The van der Waals surface area contributed by atoms with Gasteiger partial charge in [-0.1, -0.05) is 0 Å². The summed E-state index contributed by atoms with van der Waals surface area (Å²) in [5.41, 5.74) is 5.93. The molecule has 4 N–H and O–H groups in total. The standard InChI is InChI=1S/C17H24N8O/c1-19-13-9-11(10-21-13)25(15-7-6-14(22-23-15)24(2)3)17-12(16(18)26)5-4-8-20-17/h4-8,11,13,19,21H,9-10H2,1-3H3,(H2,18,26). The second-order valence-corrected chi connectivity index (χ2v) is 6.39. The number of rotatable bonds is 6. The lowest BCUT2D eigenvalue weighted by atomic mass is 10.1. The lowest BCUT2D eigenvalue weighted by molar-refractivity contribution is 0.100. The Balaban J connectivity index is 2.04. The maximum absolute atomic E-state index is 11.9. The fraction of sp³-hybridized carbons (Fsp3) is 0.412. The summed E-state index contributed by atoms with van der Waals surface area (Å²) in [7, 11) is 5.72. The highest BCUT2D eigenvalue weighted by atomic mass is 16.1. The van der Waals surface area contributed by atoms with Crippen molar-refractivity contribution in [3.63, 3.8) is 0 Å². The molecule has 26 heavy (non-hydrogen) atoms. The molecule has 138 valence electrons. The molecule has 3 rings (SSSR count). The van der Waals surface area contributed by atoms with Gasteiger partial charge in [0.05, 0.1) is 17.8 Å². The predicted octanol–water partition coefficient (Wildman–Crippen LogP) is 0.0820. The van der Waals surface area contributed by atoms with Crippen LogP contribution in [-0.2, 0) is 0 Å². The lowest BCUT2D eigenvalue weighted by Crippen LogP contribution is -2.36. The van der Waals surface area contributed by atoms with Crippen LogP contribution in [-0.4, -0.2) is 61.0 Å². The monoisotopic (exact) mass is 356 g/mol. The van der Waals surface area contributed by atoms with Crippen molar-refractivity contribution < 1.29 is 4.79 Å². The van der Waals surface area contributed by atoms with Crippen LogP contribution in [0.4, 0.5) is 17.5 Å². The highest BCUT2D eigenvalue weighted by Gasteiger charge is 2.32. The first kappa shape index (κ1) is 18.0. The first-order chi connectivity index (χ1) is 12.5. The minimum atomic E-state index is -0.521. The van der Waals surface area contributed by atoms with Gasteiger partial charge in [0.2, 0.25) is 0 Å². The van der Waals surface area contributed by atoms with Crippen molar-refractivity contribution in [2.45, 2.75) is 18.6 Å². The second kappa shape index (κ2) is 7.63. The van der Waals surface area contributed by atoms with Crippen molar-refractivity contribution in [2.24, 2.45) is 5.73 Å². The van der Waals surface area contributed by atoms with Gasteiger partial charge in [-0.15, -0.1) is 10.2 Å². The number of amides is 1. The van der Waals surface area contributed by atoms with Crippen molar-refractivity contribution in [2.75, 3.05) is 37.5 Å². The first-order valence-corrected chi connectivity index (χ1v) is 8.47. The Kier molecular flexibility index (Phi) is 5.29. The van der Waals surface area contributed by atoms with Gasteiger partial charge < -0.3 is 20.9 Å². The van der Waals surface area contributed by atoms with Gasteiger partial charge in [0, 0.05) is 26.8 Å². The number of aromatic nitrogens is 3. The molecule has 2 unspecified atom stereocenters. The Hall–Kier alpha value is -2.78. The van der Waals surface area contributed by atoms with E-state index in [2.05, 4.69) is 25.8 Å². The number of nitrogens with one attached hydrogen (secondary N) is 2. The minimum Gasteiger partial charge on any atom is -0.365 e. The van der Waals surface area contributed by atoms with Gasteiger partial charge in [0.25, 0.3) is 5.91 Å². The zero-order valence-electron chi connectivity index (χ0n) is 15.2. The average Bonchev–Trinajstić information content (AvgIpc) is 3.11. The zero-order valence-corrected chi connectivity index (χ0v) is 15.2. The molecule has 9 nitrogen and oxygen atoms in total. The molecule has 2 atom stereocenters. The summed E-state index contributed by atoms with van der Waals surface area (Å²) >= 11 is 0. The molecule has 0 saturated carbocycles. The Morgan fingerprint density at radius 3 is 2.58 bits per heavy atom. The van der Waals surface area contributed by atoms with E-state index in [1.54, 1.807) is 18.3 Å². The molecule has 1 fully saturated rings. The van der Waals surface area contributed by atoms with E-state index >= 15 is 0 Å². The molecule has 1 saturated heterocycles. The van der Waals surface area contributed by atoms with Crippen LogP contribution in [0.5, 0.6) is 0 Å². The second-order valence-electron chi connectivity index (χ2n) is 6.39. The third-order valence-corrected chi connectivity index (χ3v) is 4.44. The number of hydrogen-bond acceptors (Lipinski definition) is 8. The SMILES string of the molecule is CNC1CC(N(c2ccc(N(C)C)nn2)c2ncccc2C(N)=O)CN1. The lowest BCUT2D eigenvalue weighted by Gasteiger charge is -2.29. The highest BCUT2D eigenvalue weighted by Crippen LogP contribution is 2.30. The van der Waals surface area contributed by atoms with Gasteiger partial charge in [0.15, 0.2) is 11.6 Å². The fourth-order valence-electron chi connectivity index (χ4n) is 3.07. The summed E-state index contributed by atoms with van der Waals surface area (Å²) in [4.78, 5) is 20.2. The van der Waals surface area contributed by atoms with Crippen LogP contribution in [0.2, 0.25) is 0 Å². The van der Waals surface area contributed by atoms with Crippen LogP contribution in [0.3, 0.4) is 0 Å². The Morgan fingerprint density at radius 1 is 1.27 bits per heavy atom. The molecule has 0 spiro atoms. The molecule has 1 amide bonds. The number of anilines is 3. The highest BCUT2D eigenvalue weighted by molar-refractivity contribution is 5.98. The number of carbonyl (C=O) groups excluding carboxylic acids is 1. The summed E-state index contributed by atoms with van der Waals surface area (Å²) in [5.74, 6) is 1.35. The number of hydrogen-bond donors (Lipinski definition) is 3. The number of pyridine rings is 1. The van der Waals surface area contributed by atoms with E-state index < -0.39 is 5.91 Å². The largest absolute Gasteiger partial charge is 0.365 e. The Bertz CT molecular complexity index is 764. The molecule has 2 aromatic rings. The van der Waals surface area contributed by atoms with Crippen molar-refractivity contribution in [1.82, 2.24) is 25.8 Å². The molecule has 3 heterocycles. The summed E-state index contributed by atoms with van der Waals surface area (Å²) in [6.07, 6.45) is 2.65. The van der Waals surface area contributed by atoms with Crippen LogP contribution < -0.4 is 26.2 Å². The Morgan fingerprint density at radius 2 is 2.00 bits per heavy atom. The number of nitrogens with zero attached hydrogens (tertiary/aromatic N) is 5. The van der Waals surface area contributed by atoms with E-state index in [9.17, 15) is 4.79 Å². The first-order valence-electron chi connectivity index (χ1n) is 8.47. The number of carbonyl (C=O) groups is 1. The van der Waals surface area contributed by atoms with E-state index in [1.165, 1.54) is 0 Å². The average molecular weight is 356 g/mol. The third kappa shape index (κ3) is 3.58. The Labute approximate surface area is 152 Å². The zero-order chi connectivity index (χ0) is 18.7. The van der Waals surface area contributed by atoms with Gasteiger partial charge >= 0.3 is 0 Å². The molecular formula is C17H24N8O. The van der Waals surface area contributed by atoms with Gasteiger partial charge in [-0.3, -0.25) is 10.1 Å². The van der Waals surface area contributed by atoms with Crippen LogP contribution in [0.15, 0.2) is 30.5 Å². The molecule has 0 bridgehead atoms. The van der Waals surface area contributed by atoms with E-state index in [0.717, 1.165) is 18.8 Å². The van der Waals surface area contributed by atoms with Gasteiger partial charge in [-0.25, -0.2) is 4.98 Å². The van der Waals surface area contributed by atoms with E-state index in [0.29, 0.717) is 17.2 Å². The molecule has 0 radical (unpaired) electrons. The summed E-state index contributed by atoms with van der Waals surface area (Å²) in [6.45, 7) is 0.720. The van der Waals surface area contributed by atoms with Crippen molar-refractivity contribution in [3.05, 3.63) is 36.0 Å². The summed E-state index contributed by atoms with van der Waals surface area (Å²) in [5, 5.41) is 15.3. The summed E-state index contributed by atoms with van der Waals surface area (Å²) in [6, 6.07) is 7.21. The quantitative estimate of drug-likeness (QED) is 0.667. The van der Waals surface area contributed by atoms with Crippen molar-refractivity contribution in [1.29, 1.82) is 0 Å². The number of primary amides is 1. The topological polar surface area (TPSA) is 112 Å². The van der Waals surface area contributed by atoms with E-state index in [-0.39, 0.29) is 12.2 Å². The normalized spacial score (nSPS) is 19.3. The van der Waals surface area contributed by atoms with Gasteiger partial charge in [-0.2, -0.15) is 0 Å². The van der Waals surface area contributed by atoms with Crippen molar-refractivity contribution >= 4 is 23.4 Å². The van der Waals surface area contributed by atoms with Gasteiger partial charge in [0.1, 0.15) is 5.82 Å². The van der Waals surface area contributed by atoms with Crippen molar-refractivity contribution in [3.8, 4) is 0 Å². The number of nitrogens with two attached hydrogens (primary N) is 1. The van der Waals surface area contributed by atoms with Gasteiger partial charge in [-0.05, 0) is 37.7 Å². The predicted molar refractivity (Wildman–Crippen MR) is 101 cm³/mol. The molecule has 0 aromatic carbocycles. The maximum Gasteiger partial charge on any atom is 0.252 e. The molecule has 0 aliphatic carbocycles. The van der Waals surface area contributed by atoms with Crippen LogP contribution in [0.1, 0.15) is 16.8 Å². The molecule has 9 heteroatoms.